The topological polar surface area (TPSA) is 55.1 Å². The number of aliphatic hydroxyl groups is 1. The maximum atomic E-state index is 10.7. The second kappa shape index (κ2) is 11.6. The summed E-state index contributed by atoms with van der Waals surface area (Å²) in [6, 6.07) is 17.9. The van der Waals surface area contributed by atoms with Gasteiger partial charge in [0.1, 0.15) is 30.0 Å². The van der Waals surface area contributed by atoms with E-state index in [4.69, 9.17) is 13.9 Å². The molecule has 0 aliphatic rings. The van der Waals surface area contributed by atoms with Gasteiger partial charge in [-0.25, -0.2) is 0 Å². The summed E-state index contributed by atoms with van der Waals surface area (Å²) in [6.45, 7) is 8.78. The molecule has 0 saturated heterocycles. The zero-order valence-electron chi connectivity index (χ0n) is 18.7. The van der Waals surface area contributed by atoms with E-state index in [-0.39, 0.29) is 6.61 Å². The molecular weight excluding hydrogens is 390 g/mol. The molecule has 1 heterocycles. The molecule has 3 rings (SSSR count). The third-order valence-corrected chi connectivity index (χ3v) is 5.24. The van der Waals surface area contributed by atoms with E-state index in [2.05, 4.69) is 30.9 Å². The molecule has 1 aromatic heterocycles. The van der Waals surface area contributed by atoms with Gasteiger partial charge in [-0.1, -0.05) is 37.3 Å². The zero-order chi connectivity index (χ0) is 22.1. The molecule has 5 heteroatoms. The van der Waals surface area contributed by atoms with Crippen LogP contribution in [-0.2, 0) is 13.1 Å². The highest BCUT2D eigenvalue weighted by molar-refractivity contribution is 5.38. The van der Waals surface area contributed by atoms with E-state index in [0.717, 1.165) is 34.8 Å². The van der Waals surface area contributed by atoms with Crippen LogP contribution in [0.1, 0.15) is 35.8 Å². The summed E-state index contributed by atoms with van der Waals surface area (Å²) in [6.07, 6.45) is 1.99. The number of hydrogen-bond acceptors (Lipinski definition) is 5. The van der Waals surface area contributed by atoms with Gasteiger partial charge >= 0.3 is 0 Å². The predicted octanol–water partition coefficient (Wildman–Crippen LogP) is 5.13. The van der Waals surface area contributed by atoms with Gasteiger partial charge in [0.15, 0.2) is 0 Å². The summed E-state index contributed by atoms with van der Waals surface area (Å²) in [5, 5.41) is 10.7. The fourth-order valence-electron chi connectivity index (χ4n) is 3.45. The van der Waals surface area contributed by atoms with E-state index in [1.165, 1.54) is 5.56 Å². The fraction of sp³-hybridized carbons (Fsp3) is 0.385. The van der Waals surface area contributed by atoms with Crippen LogP contribution in [0.25, 0.3) is 0 Å². The van der Waals surface area contributed by atoms with Crippen molar-refractivity contribution < 1.29 is 19.0 Å². The van der Waals surface area contributed by atoms with E-state index in [9.17, 15) is 5.11 Å². The summed E-state index contributed by atoms with van der Waals surface area (Å²) < 4.78 is 17.4. The monoisotopic (exact) mass is 423 g/mol. The quantitative estimate of drug-likeness (QED) is 0.438. The predicted molar refractivity (Wildman–Crippen MR) is 122 cm³/mol. The maximum Gasteiger partial charge on any atom is 0.123 e. The van der Waals surface area contributed by atoms with Crippen molar-refractivity contribution in [1.82, 2.24) is 4.90 Å². The first kappa shape index (κ1) is 22.9. The highest BCUT2D eigenvalue weighted by atomic mass is 16.5. The average Bonchev–Trinajstić information content (AvgIpc) is 3.27. The molecule has 1 unspecified atom stereocenters. The minimum Gasteiger partial charge on any atom is -0.493 e. The van der Waals surface area contributed by atoms with Crippen molar-refractivity contribution in [3.8, 4) is 11.5 Å². The van der Waals surface area contributed by atoms with E-state index >= 15 is 0 Å². The van der Waals surface area contributed by atoms with Gasteiger partial charge in [-0.15, -0.1) is 0 Å². The molecule has 0 radical (unpaired) electrons. The Morgan fingerprint density at radius 2 is 1.74 bits per heavy atom. The smallest absolute Gasteiger partial charge is 0.123 e. The van der Waals surface area contributed by atoms with Crippen molar-refractivity contribution in [2.24, 2.45) is 0 Å². The third kappa shape index (κ3) is 6.88. The van der Waals surface area contributed by atoms with Crippen LogP contribution < -0.4 is 9.47 Å². The van der Waals surface area contributed by atoms with Gasteiger partial charge in [0, 0.05) is 18.7 Å². The lowest BCUT2D eigenvalue weighted by Gasteiger charge is -2.25. The summed E-state index contributed by atoms with van der Waals surface area (Å²) in [4.78, 5) is 2.16. The highest BCUT2D eigenvalue weighted by Gasteiger charge is 2.17. The molecule has 31 heavy (non-hydrogen) atoms. The lowest BCUT2D eigenvalue weighted by Crippen LogP contribution is -2.35. The van der Waals surface area contributed by atoms with Crippen LogP contribution >= 0.6 is 0 Å². The third-order valence-electron chi connectivity index (χ3n) is 5.24. The number of aliphatic hydroxyl groups excluding tert-OH is 1. The normalized spacial score (nSPS) is 12.2. The van der Waals surface area contributed by atoms with Crippen LogP contribution in [0.4, 0.5) is 0 Å². The Hall–Kier alpha value is -2.76. The Kier molecular flexibility index (Phi) is 8.56. The molecular formula is C26H33NO4. The molecule has 0 aliphatic carbocycles. The van der Waals surface area contributed by atoms with Crippen LogP contribution in [0, 0.1) is 13.8 Å². The molecule has 0 spiro atoms. The SMILES string of the molecule is CCCOc1ccccc1CN(Cc1ccco1)CC(O)COc1cccc(C)c1C. The van der Waals surface area contributed by atoms with Crippen LogP contribution in [0.15, 0.2) is 65.3 Å². The molecule has 1 atom stereocenters. The molecule has 0 amide bonds. The molecule has 1 N–H and O–H groups in total. The van der Waals surface area contributed by atoms with Crippen LogP contribution in [0.3, 0.4) is 0 Å². The molecule has 0 bridgehead atoms. The Morgan fingerprint density at radius 1 is 0.935 bits per heavy atom. The lowest BCUT2D eigenvalue weighted by atomic mass is 10.1. The zero-order valence-corrected chi connectivity index (χ0v) is 18.7. The minimum atomic E-state index is -0.640. The molecule has 0 saturated carbocycles. The molecule has 0 fully saturated rings. The van der Waals surface area contributed by atoms with Crippen molar-refractivity contribution >= 4 is 0 Å². The van der Waals surface area contributed by atoms with E-state index < -0.39 is 6.10 Å². The first-order valence-electron chi connectivity index (χ1n) is 10.9. The van der Waals surface area contributed by atoms with Gasteiger partial charge in [0.2, 0.25) is 0 Å². The first-order chi connectivity index (χ1) is 15.1. The van der Waals surface area contributed by atoms with Crippen LogP contribution in [-0.4, -0.2) is 35.9 Å². The second-order valence-electron chi connectivity index (χ2n) is 7.87. The standard InChI is InChI=1S/C26H33NO4/c1-4-14-30-26-12-6-5-10-22(26)16-27(18-24-11-8-15-29-24)17-23(28)19-31-25-13-7-9-20(2)21(25)3/h5-13,15,23,28H,4,14,16-19H2,1-3H3. The Labute approximate surface area is 185 Å². The van der Waals surface area contributed by atoms with Crippen molar-refractivity contribution in [2.75, 3.05) is 19.8 Å². The van der Waals surface area contributed by atoms with E-state index in [0.29, 0.717) is 26.2 Å². The first-order valence-corrected chi connectivity index (χ1v) is 10.9. The number of para-hydroxylation sites is 1. The molecule has 2 aromatic carbocycles. The number of rotatable bonds is 12. The number of aryl methyl sites for hydroxylation is 1. The van der Waals surface area contributed by atoms with Gasteiger partial charge in [-0.3, -0.25) is 4.90 Å². The largest absolute Gasteiger partial charge is 0.493 e. The van der Waals surface area contributed by atoms with Gasteiger partial charge in [0.05, 0.1) is 19.4 Å². The Balaban J connectivity index is 1.67. The highest BCUT2D eigenvalue weighted by Crippen LogP contribution is 2.23. The summed E-state index contributed by atoms with van der Waals surface area (Å²) in [5.74, 6) is 2.56. The van der Waals surface area contributed by atoms with Crippen molar-refractivity contribution in [2.45, 2.75) is 46.4 Å². The van der Waals surface area contributed by atoms with Crippen molar-refractivity contribution in [3.63, 3.8) is 0 Å². The lowest BCUT2D eigenvalue weighted by molar-refractivity contribution is 0.0599. The number of ether oxygens (including phenoxy) is 2. The van der Waals surface area contributed by atoms with Crippen molar-refractivity contribution in [3.05, 3.63) is 83.3 Å². The number of furan rings is 1. The summed E-state index contributed by atoms with van der Waals surface area (Å²) >= 11 is 0. The Bertz CT molecular complexity index is 923. The number of nitrogens with zero attached hydrogens (tertiary/aromatic N) is 1. The maximum absolute atomic E-state index is 10.7. The van der Waals surface area contributed by atoms with Gasteiger partial charge in [-0.2, -0.15) is 0 Å². The molecule has 0 aliphatic heterocycles. The number of benzene rings is 2. The summed E-state index contributed by atoms with van der Waals surface area (Å²) in [5.41, 5.74) is 3.37. The van der Waals surface area contributed by atoms with Crippen LogP contribution in [0.5, 0.6) is 11.5 Å². The van der Waals surface area contributed by atoms with Gasteiger partial charge in [-0.05, 0) is 55.7 Å². The average molecular weight is 424 g/mol. The van der Waals surface area contributed by atoms with Crippen molar-refractivity contribution in [1.29, 1.82) is 0 Å². The van der Waals surface area contributed by atoms with Crippen LogP contribution in [0.2, 0.25) is 0 Å². The Morgan fingerprint density at radius 3 is 2.52 bits per heavy atom. The minimum absolute atomic E-state index is 0.229. The summed E-state index contributed by atoms with van der Waals surface area (Å²) in [7, 11) is 0. The number of hydrogen-bond donors (Lipinski definition) is 1. The molecule has 5 nitrogen and oxygen atoms in total. The second-order valence-corrected chi connectivity index (χ2v) is 7.87. The van der Waals surface area contributed by atoms with Gasteiger partial charge < -0.3 is 19.0 Å². The van der Waals surface area contributed by atoms with E-state index in [1.54, 1.807) is 6.26 Å². The molecule has 166 valence electrons. The molecule has 3 aromatic rings. The fourth-order valence-corrected chi connectivity index (χ4v) is 3.45. The van der Waals surface area contributed by atoms with Gasteiger partial charge in [0.25, 0.3) is 0 Å². The van der Waals surface area contributed by atoms with E-state index in [1.807, 2.05) is 49.4 Å².